The Bertz CT molecular complexity index is 1070. The van der Waals surface area contributed by atoms with Crippen LogP contribution in [0.25, 0.3) is 11.0 Å². The van der Waals surface area contributed by atoms with Gasteiger partial charge in [0.25, 0.3) is 5.56 Å². The van der Waals surface area contributed by atoms with Crippen LogP contribution in [0.15, 0.2) is 29.1 Å². The van der Waals surface area contributed by atoms with Gasteiger partial charge < -0.3 is 14.8 Å². The van der Waals surface area contributed by atoms with Gasteiger partial charge in [-0.25, -0.2) is 9.67 Å². The van der Waals surface area contributed by atoms with Crippen LogP contribution in [0.2, 0.25) is 0 Å². The summed E-state index contributed by atoms with van der Waals surface area (Å²) in [6.07, 6.45) is -2.92. The molecule has 148 valence electrons. The lowest BCUT2D eigenvalue weighted by Crippen LogP contribution is -2.18. The molecule has 1 aliphatic carbocycles. The standard InChI is InChI=1S/C18H17F3N4O3/c1-9-22-16-14(17(27)23-9)13(8-26)24-25(16)15(10-2-3-10)11-4-6-12(7-5-11)28-18(19,20)21/h4-7,10,15,26H,2-3,8H2,1H3,(H,22,23,27)/t15-/m0/s1. The van der Waals surface area contributed by atoms with E-state index in [0.29, 0.717) is 11.5 Å². The maximum atomic E-state index is 12.4. The zero-order valence-electron chi connectivity index (χ0n) is 14.8. The fraction of sp³-hybridized carbons (Fsp3) is 0.389. The number of H-pyrrole nitrogens is 1. The predicted octanol–water partition coefficient (Wildman–Crippen LogP) is 2.82. The number of halogens is 3. The summed E-state index contributed by atoms with van der Waals surface area (Å²) in [5.41, 5.74) is 0.899. The third kappa shape index (κ3) is 3.47. The van der Waals surface area contributed by atoms with E-state index < -0.39 is 13.0 Å². The second-order valence-corrected chi connectivity index (χ2v) is 6.80. The molecular formula is C18H17F3N4O3. The molecule has 0 unspecified atom stereocenters. The average molecular weight is 394 g/mol. The third-order valence-corrected chi connectivity index (χ3v) is 4.69. The lowest BCUT2D eigenvalue weighted by Gasteiger charge is -2.19. The van der Waals surface area contributed by atoms with Crippen molar-refractivity contribution in [3.8, 4) is 5.75 Å². The number of fused-ring (bicyclic) bond motifs is 1. The van der Waals surface area contributed by atoms with Gasteiger partial charge in [0.2, 0.25) is 0 Å². The van der Waals surface area contributed by atoms with Gasteiger partial charge in [0, 0.05) is 0 Å². The molecule has 2 aromatic heterocycles. The highest BCUT2D eigenvalue weighted by Gasteiger charge is 2.37. The van der Waals surface area contributed by atoms with Crippen LogP contribution >= 0.6 is 0 Å². The maximum absolute atomic E-state index is 12.4. The Balaban J connectivity index is 1.80. The number of hydrogen-bond acceptors (Lipinski definition) is 5. The van der Waals surface area contributed by atoms with Crippen LogP contribution in [0.3, 0.4) is 0 Å². The highest BCUT2D eigenvalue weighted by atomic mass is 19.4. The molecule has 1 atom stereocenters. The van der Waals surface area contributed by atoms with E-state index in [9.17, 15) is 23.1 Å². The summed E-state index contributed by atoms with van der Waals surface area (Å²) < 4.78 is 42.7. The number of rotatable bonds is 5. The summed E-state index contributed by atoms with van der Waals surface area (Å²) in [5.74, 6) is 0.314. The number of ether oxygens (including phenoxy) is 1. The molecular weight excluding hydrogens is 377 g/mol. The van der Waals surface area contributed by atoms with Gasteiger partial charge in [0.1, 0.15) is 22.7 Å². The summed E-state index contributed by atoms with van der Waals surface area (Å²) in [6, 6.07) is 5.30. The number of alkyl halides is 3. The van der Waals surface area contributed by atoms with Crippen LogP contribution in [0.5, 0.6) is 5.75 Å². The van der Waals surface area contributed by atoms with Crippen molar-refractivity contribution in [2.45, 2.75) is 38.8 Å². The third-order valence-electron chi connectivity index (χ3n) is 4.69. The minimum Gasteiger partial charge on any atom is -0.406 e. The molecule has 0 aliphatic heterocycles. The first-order chi connectivity index (χ1) is 13.3. The molecule has 4 rings (SSSR count). The van der Waals surface area contributed by atoms with Crippen molar-refractivity contribution < 1.29 is 23.0 Å². The van der Waals surface area contributed by atoms with E-state index >= 15 is 0 Å². The van der Waals surface area contributed by atoms with Gasteiger partial charge in [0.15, 0.2) is 5.65 Å². The van der Waals surface area contributed by atoms with Crippen LogP contribution in [0, 0.1) is 12.8 Å². The molecule has 0 bridgehead atoms. The molecule has 7 nitrogen and oxygen atoms in total. The number of aromatic nitrogens is 4. The number of aliphatic hydroxyl groups is 1. The number of hydrogen-bond donors (Lipinski definition) is 2. The molecule has 2 heterocycles. The molecule has 1 aliphatic rings. The van der Waals surface area contributed by atoms with Crippen LogP contribution in [0.1, 0.15) is 36.0 Å². The Hall–Kier alpha value is -2.88. The van der Waals surface area contributed by atoms with Gasteiger partial charge in [0.05, 0.1) is 12.6 Å². The molecule has 1 aromatic carbocycles. The van der Waals surface area contributed by atoms with Gasteiger partial charge in [-0.3, -0.25) is 4.79 Å². The van der Waals surface area contributed by atoms with Crippen molar-refractivity contribution in [3.05, 3.63) is 51.7 Å². The monoisotopic (exact) mass is 394 g/mol. The molecule has 0 spiro atoms. The number of aromatic amines is 1. The van der Waals surface area contributed by atoms with E-state index in [-0.39, 0.29) is 34.3 Å². The van der Waals surface area contributed by atoms with E-state index in [2.05, 4.69) is 19.8 Å². The van der Waals surface area contributed by atoms with Crippen LogP contribution in [-0.4, -0.2) is 31.2 Å². The normalized spacial score (nSPS) is 15.8. The Labute approximate surface area is 156 Å². The van der Waals surface area contributed by atoms with Gasteiger partial charge in [-0.15, -0.1) is 13.2 Å². The van der Waals surface area contributed by atoms with E-state index in [0.717, 1.165) is 18.4 Å². The first-order valence-electron chi connectivity index (χ1n) is 8.71. The largest absolute Gasteiger partial charge is 0.573 e. The molecule has 10 heteroatoms. The number of aryl methyl sites for hydroxylation is 1. The van der Waals surface area contributed by atoms with E-state index in [4.69, 9.17) is 0 Å². The second kappa shape index (κ2) is 6.62. The lowest BCUT2D eigenvalue weighted by molar-refractivity contribution is -0.274. The molecule has 1 fully saturated rings. The summed E-state index contributed by atoms with van der Waals surface area (Å²) in [4.78, 5) is 19.3. The smallest absolute Gasteiger partial charge is 0.406 e. The second-order valence-electron chi connectivity index (χ2n) is 6.80. The van der Waals surface area contributed by atoms with Crippen molar-refractivity contribution in [1.29, 1.82) is 0 Å². The van der Waals surface area contributed by atoms with Crippen molar-refractivity contribution in [3.63, 3.8) is 0 Å². The minimum atomic E-state index is -4.76. The van der Waals surface area contributed by atoms with Crippen molar-refractivity contribution in [2.24, 2.45) is 5.92 Å². The highest BCUT2D eigenvalue weighted by Crippen LogP contribution is 2.44. The van der Waals surface area contributed by atoms with E-state index in [1.807, 2.05) is 0 Å². The molecule has 1 saturated carbocycles. The SMILES string of the molecule is Cc1nc2c(c(CO)nn2[C@H](c2ccc(OC(F)(F)F)cc2)C2CC2)c(=O)[nH]1. The zero-order chi connectivity index (χ0) is 20.1. The first-order valence-corrected chi connectivity index (χ1v) is 8.71. The van der Waals surface area contributed by atoms with Gasteiger partial charge in [-0.05, 0) is 43.4 Å². The molecule has 2 N–H and O–H groups in total. The zero-order valence-corrected chi connectivity index (χ0v) is 14.8. The van der Waals surface area contributed by atoms with Gasteiger partial charge in [-0.1, -0.05) is 12.1 Å². The summed E-state index contributed by atoms with van der Waals surface area (Å²) >= 11 is 0. The van der Waals surface area contributed by atoms with Crippen LogP contribution in [0.4, 0.5) is 13.2 Å². The fourth-order valence-electron chi connectivity index (χ4n) is 3.42. The number of nitrogens with zero attached hydrogens (tertiary/aromatic N) is 3. The van der Waals surface area contributed by atoms with Crippen LogP contribution < -0.4 is 10.3 Å². The highest BCUT2D eigenvalue weighted by molar-refractivity contribution is 5.77. The molecule has 0 amide bonds. The fourth-order valence-corrected chi connectivity index (χ4v) is 3.42. The Morgan fingerprint density at radius 2 is 2.00 bits per heavy atom. The predicted molar refractivity (Wildman–Crippen MR) is 92.8 cm³/mol. The van der Waals surface area contributed by atoms with Crippen LogP contribution in [-0.2, 0) is 6.61 Å². The maximum Gasteiger partial charge on any atom is 0.573 e. The molecule has 0 radical (unpaired) electrons. The van der Waals surface area contributed by atoms with Crippen molar-refractivity contribution in [2.75, 3.05) is 0 Å². The average Bonchev–Trinajstić information content (AvgIpc) is 3.37. The Kier molecular flexibility index (Phi) is 4.37. The number of benzene rings is 1. The Morgan fingerprint density at radius 1 is 1.32 bits per heavy atom. The molecule has 0 saturated heterocycles. The van der Waals surface area contributed by atoms with E-state index in [1.54, 1.807) is 23.7 Å². The van der Waals surface area contributed by atoms with Gasteiger partial charge in [-0.2, -0.15) is 5.10 Å². The summed E-state index contributed by atoms with van der Waals surface area (Å²) in [6.45, 7) is 1.22. The minimum absolute atomic E-state index is 0.213. The van der Waals surface area contributed by atoms with E-state index in [1.165, 1.54) is 12.1 Å². The first kappa shape index (κ1) is 18.5. The topological polar surface area (TPSA) is 93.0 Å². The number of nitrogens with one attached hydrogen (secondary N) is 1. The molecule has 3 aromatic rings. The molecule has 28 heavy (non-hydrogen) atoms. The quantitative estimate of drug-likeness (QED) is 0.694. The number of aliphatic hydroxyl groups excluding tert-OH is 1. The summed E-state index contributed by atoms with van der Waals surface area (Å²) in [7, 11) is 0. The summed E-state index contributed by atoms with van der Waals surface area (Å²) in [5, 5.41) is 14.2. The van der Waals surface area contributed by atoms with Gasteiger partial charge >= 0.3 is 6.36 Å². The van der Waals surface area contributed by atoms with Crippen molar-refractivity contribution in [1.82, 2.24) is 19.7 Å². The lowest BCUT2D eigenvalue weighted by atomic mass is 10.0. The Morgan fingerprint density at radius 3 is 2.57 bits per heavy atom. The van der Waals surface area contributed by atoms with Crippen molar-refractivity contribution >= 4 is 11.0 Å².